The predicted octanol–water partition coefficient (Wildman–Crippen LogP) is 2.48. The number of rotatable bonds is 3. The van der Waals surface area contributed by atoms with Crippen LogP contribution in [0.1, 0.15) is 36.4 Å². The van der Waals surface area contributed by atoms with Crippen LogP contribution in [-0.2, 0) is 4.79 Å². The van der Waals surface area contributed by atoms with Gasteiger partial charge in [0.25, 0.3) is 0 Å². The van der Waals surface area contributed by atoms with Crippen LogP contribution in [0.15, 0.2) is 41.2 Å². The molecule has 1 aromatic carbocycles. The normalized spacial score (nSPS) is 21.0. The summed E-state index contributed by atoms with van der Waals surface area (Å²) in [7, 11) is 0. The number of allylic oxidation sites excluding steroid dienone is 1. The Morgan fingerprint density at radius 3 is 2.84 bits per heavy atom. The topological polar surface area (TPSA) is 65.2 Å². The van der Waals surface area contributed by atoms with E-state index in [0.29, 0.717) is 11.8 Å². The van der Waals surface area contributed by atoms with Crippen molar-refractivity contribution in [3.05, 3.63) is 47.3 Å². The summed E-state index contributed by atoms with van der Waals surface area (Å²) in [5.41, 5.74) is 2.88. The van der Waals surface area contributed by atoms with Gasteiger partial charge < -0.3 is 5.32 Å². The lowest BCUT2D eigenvalue weighted by Crippen LogP contribution is -2.25. The van der Waals surface area contributed by atoms with Gasteiger partial charge in [0.2, 0.25) is 0 Å². The van der Waals surface area contributed by atoms with Crippen LogP contribution in [-0.4, -0.2) is 12.5 Å². The molecule has 0 saturated carbocycles. The summed E-state index contributed by atoms with van der Waals surface area (Å²) in [6, 6.07) is 9.99. The van der Waals surface area contributed by atoms with E-state index in [0.717, 1.165) is 25.0 Å². The van der Waals surface area contributed by atoms with E-state index in [1.54, 1.807) is 6.20 Å². The third-order valence-corrected chi connectivity index (χ3v) is 3.12. The third kappa shape index (κ3) is 3.52. The number of benzene rings is 1. The second kappa shape index (κ2) is 6.50. The molecule has 0 radical (unpaired) electrons. The number of hydrogen-bond donors (Lipinski definition) is 1. The highest BCUT2D eigenvalue weighted by molar-refractivity contribution is 6.13. The molecule has 96 valence electrons. The monoisotopic (exact) mass is 253 g/mol. The smallest absolute Gasteiger partial charge is 0.161 e. The van der Waals surface area contributed by atoms with Crippen LogP contribution in [0.25, 0.3) is 0 Å². The molecule has 1 aliphatic rings. The molecule has 1 aliphatic heterocycles. The minimum absolute atomic E-state index is 0.249. The molecule has 0 spiro atoms. The highest BCUT2D eigenvalue weighted by Gasteiger charge is 2.17. The first-order chi connectivity index (χ1) is 9.33. The van der Waals surface area contributed by atoms with Gasteiger partial charge in [0.1, 0.15) is 0 Å². The van der Waals surface area contributed by atoms with Gasteiger partial charge in [-0.3, -0.25) is 9.79 Å². The molecule has 1 atom stereocenters. The first-order valence-electron chi connectivity index (χ1n) is 6.26. The maximum absolute atomic E-state index is 10.2. The number of hydrogen-bond acceptors (Lipinski definition) is 4. The lowest BCUT2D eigenvalue weighted by molar-refractivity contribution is -0.102. The molecule has 1 unspecified atom stereocenters. The van der Waals surface area contributed by atoms with Gasteiger partial charge in [0.15, 0.2) is 6.29 Å². The fraction of sp³-hybridized carbons (Fsp3) is 0.267. The highest BCUT2D eigenvalue weighted by Crippen LogP contribution is 2.27. The van der Waals surface area contributed by atoms with Crippen molar-refractivity contribution in [2.45, 2.75) is 25.3 Å². The lowest BCUT2D eigenvalue weighted by atomic mass is 9.95. The van der Waals surface area contributed by atoms with E-state index in [-0.39, 0.29) is 6.04 Å². The van der Waals surface area contributed by atoms with E-state index in [1.807, 2.05) is 24.3 Å². The number of aliphatic imine (C=N–C) groups is 1. The molecule has 1 aromatic rings. The average molecular weight is 253 g/mol. The van der Waals surface area contributed by atoms with Crippen LogP contribution in [0.4, 0.5) is 0 Å². The Hall–Kier alpha value is -2.41. The maximum Gasteiger partial charge on any atom is 0.161 e. The molecule has 19 heavy (non-hydrogen) atoms. The molecule has 2 rings (SSSR count). The van der Waals surface area contributed by atoms with Gasteiger partial charge in [0.05, 0.1) is 23.9 Å². The molecular formula is C15H15N3O. The van der Waals surface area contributed by atoms with E-state index in [4.69, 9.17) is 5.26 Å². The van der Waals surface area contributed by atoms with Crippen molar-refractivity contribution >= 4 is 12.5 Å². The zero-order valence-electron chi connectivity index (χ0n) is 10.5. The molecule has 4 nitrogen and oxygen atoms in total. The molecule has 1 fully saturated rings. The number of nitriles is 1. The van der Waals surface area contributed by atoms with Crippen molar-refractivity contribution in [3.63, 3.8) is 0 Å². The van der Waals surface area contributed by atoms with E-state index >= 15 is 0 Å². The van der Waals surface area contributed by atoms with Crippen LogP contribution in [0.3, 0.4) is 0 Å². The van der Waals surface area contributed by atoms with E-state index in [9.17, 15) is 4.79 Å². The van der Waals surface area contributed by atoms with Gasteiger partial charge in [-0.15, -0.1) is 0 Å². The van der Waals surface area contributed by atoms with Crippen molar-refractivity contribution in [1.82, 2.24) is 5.32 Å². The fourth-order valence-electron chi connectivity index (χ4n) is 2.17. The van der Waals surface area contributed by atoms with E-state index in [1.165, 1.54) is 11.8 Å². The SMILES string of the molecule is N#Cc1ccc(C2CCC/C(=C/N=CC=O)N2)cc1. The van der Waals surface area contributed by atoms with Crippen LogP contribution in [0, 0.1) is 11.3 Å². The molecule has 1 saturated heterocycles. The summed E-state index contributed by atoms with van der Waals surface area (Å²) in [6.07, 6.45) is 6.69. The fourth-order valence-corrected chi connectivity index (χ4v) is 2.17. The molecule has 1 N–H and O–H groups in total. The molecule has 1 heterocycles. The van der Waals surface area contributed by atoms with Crippen molar-refractivity contribution in [1.29, 1.82) is 5.26 Å². The molecular weight excluding hydrogens is 238 g/mol. The van der Waals surface area contributed by atoms with Crippen LogP contribution in [0.5, 0.6) is 0 Å². The number of nitrogens with zero attached hydrogens (tertiary/aromatic N) is 2. The maximum atomic E-state index is 10.2. The quantitative estimate of drug-likeness (QED) is 0.664. The summed E-state index contributed by atoms with van der Waals surface area (Å²) < 4.78 is 0. The minimum atomic E-state index is 0.249. The largest absolute Gasteiger partial charge is 0.380 e. The average Bonchev–Trinajstić information content (AvgIpc) is 2.48. The summed E-state index contributed by atoms with van der Waals surface area (Å²) in [5, 5.41) is 12.2. The van der Waals surface area contributed by atoms with Gasteiger partial charge in [-0.05, 0) is 37.0 Å². The second-order valence-corrected chi connectivity index (χ2v) is 4.41. The van der Waals surface area contributed by atoms with Crippen molar-refractivity contribution in [2.24, 2.45) is 4.99 Å². The van der Waals surface area contributed by atoms with Crippen molar-refractivity contribution in [3.8, 4) is 6.07 Å². The zero-order chi connectivity index (χ0) is 13.5. The summed E-state index contributed by atoms with van der Waals surface area (Å²) in [4.78, 5) is 14.1. The first kappa shape index (κ1) is 13.0. The molecule has 0 bridgehead atoms. The Morgan fingerprint density at radius 1 is 1.37 bits per heavy atom. The standard InChI is InChI=1S/C15H15N3O/c16-10-12-4-6-13(7-5-12)15-3-1-2-14(18-15)11-17-8-9-19/h4-9,11,15,18H,1-3H2/b14-11-,17-8?. The number of piperidine rings is 1. The predicted molar refractivity (Wildman–Crippen MR) is 73.5 cm³/mol. The molecule has 4 heteroatoms. The molecule has 0 aliphatic carbocycles. The van der Waals surface area contributed by atoms with Gasteiger partial charge in [-0.25, -0.2) is 0 Å². The van der Waals surface area contributed by atoms with Crippen molar-refractivity contribution in [2.75, 3.05) is 0 Å². The van der Waals surface area contributed by atoms with Gasteiger partial charge in [-0.2, -0.15) is 5.26 Å². The van der Waals surface area contributed by atoms with Crippen molar-refractivity contribution < 1.29 is 4.79 Å². The van der Waals surface area contributed by atoms with Crippen LogP contribution in [0.2, 0.25) is 0 Å². The Morgan fingerprint density at radius 2 is 2.16 bits per heavy atom. The Balaban J connectivity index is 2.08. The third-order valence-electron chi connectivity index (χ3n) is 3.12. The first-order valence-corrected chi connectivity index (χ1v) is 6.26. The lowest BCUT2D eigenvalue weighted by Gasteiger charge is -2.27. The Kier molecular flexibility index (Phi) is 4.46. The summed E-state index contributed by atoms with van der Waals surface area (Å²) in [6.45, 7) is 0. The molecule has 0 aromatic heterocycles. The minimum Gasteiger partial charge on any atom is -0.380 e. The number of carbonyl (C=O) groups is 1. The number of nitrogens with one attached hydrogen (secondary N) is 1. The van der Waals surface area contributed by atoms with E-state index < -0.39 is 0 Å². The van der Waals surface area contributed by atoms with Gasteiger partial charge in [-0.1, -0.05) is 12.1 Å². The Bertz CT molecular complexity index is 538. The molecule has 0 amide bonds. The summed E-state index contributed by atoms with van der Waals surface area (Å²) >= 11 is 0. The van der Waals surface area contributed by atoms with Crippen LogP contribution < -0.4 is 5.32 Å². The van der Waals surface area contributed by atoms with Crippen LogP contribution >= 0.6 is 0 Å². The Labute approximate surface area is 112 Å². The second-order valence-electron chi connectivity index (χ2n) is 4.41. The highest BCUT2D eigenvalue weighted by atomic mass is 16.1. The summed E-state index contributed by atoms with van der Waals surface area (Å²) in [5.74, 6) is 0. The number of carbonyl (C=O) groups excluding carboxylic acids is 1. The number of aldehydes is 1. The van der Waals surface area contributed by atoms with Gasteiger partial charge >= 0.3 is 0 Å². The van der Waals surface area contributed by atoms with Gasteiger partial charge in [0, 0.05) is 11.9 Å². The zero-order valence-corrected chi connectivity index (χ0v) is 10.5. The van der Waals surface area contributed by atoms with E-state index in [2.05, 4.69) is 16.4 Å².